The number of aromatic nitrogens is 2. The summed E-state index contributed by atoms with van der Waals surface area (Å²) in [6.07, 6.45) is 4.24. The summed E-state index contributed by atoms with van der Waals surface area (Å²) in [5.74, 6) is 0.363. The number of nitrogens with two attached hydrogens (primary N) is 1. The number of carbonyl (C=O) groups is 1. The minimum Gasteiger partial charge on any atom is -0.381 e. The van der Waals surface area contributed by atoms with Gasteiger partial charge in [0.1, 0.15) is 5.02 Å². The van der Waals surface area contributed by atoms with Crippen molar-refractivity contribution >= 4 is 23.3 Å². The molecule has 1 fully saturated rings. The molecular formula is C9H13ClN4O. The van der Waals surface area contributed by atoms with Crippen LogP contribution >= 0.6 is 11.6 Å². The number of rotatable bonds is 4. The molecule has 5 nitrogen and oxygen atoms in total. The normalized spacial score (nSPS) is 15.3. The predicted octanol–water partition coefficient (Wildman–Crippen LogP) is 0.787. The molecule has 1 aliphatic rings. The summed E-state index contributed by atoms with van der Waals surface area (Å²) in [6, 6.07) is 0.406. The van der Waals surface area contributed by atoms with E-state index >= 15 is 0 Å². The van der Waals surface area contributed by atoms with Gasteiger partial charge in [-0.05, 0) is 12.8 Å². The van der Waals surface area contributed by atoms with E-state index in [1.54, 1.807) is 10.9 Å². The van der Waals surface area contributed by atoms with E-state index in [2.05, 4.69) is 10.4 Å². The molecule has 3 N–H and O–H groups in total. The molecule has 82 valence electrons. The van der Waals surface area contributed by atoms with Crippen LogP contribution in [0.25, 0.3) is 0 Å². The molecule has 1 heterocycles. The second-order valence-electron chi connectivity index (χ2n) is 3.72. The minimum absolute atomic E-state index is 0.0580. The van der Waals surface area contributed by atoms with E-state index in [9.17, 15) is 4.79 Å². The summed E-state index contributed by atoms with van der Waals surface area (Å²) in [6.45, 7) is 0.509. The van der Waals surface area contributed by atoms with Gasteiger partial charge in [-0.15, -0.1) is 0 Å². The first-order chi connectivity index (χ1) is 7.15. The lowest BCUT2D eigenvalue weighted by Gasteiger charge is -2.02. The maximum Gasteiger partial charge on any atom is 0.222 e. The van der Waals surface area contributed by atoms with Crippen molar-refractivity contribution in [1.29, 1.82) is 0 Å². The van der Waals surface area contributed by atoms with Crippen LogP contribution in [0.15, 0.2) is 6.20 Å². The highest BCUT2D eigenvalue weighted by molar-refractivity contribution is 6.32. The molecule has 0 saturated heterocycles. The molecule has 15 heavy (non-hydrogen) atoms. The lowest BCUT2D eigenvalue weighted by atomic mass is 10.4. The molecule has 0 unspecified atom stereocenters. The van der Waals surface area contributed by atoms with Gasteiger partial charge >= 0.3 is 0 Å². The molecule has 0 radical (unpaired) electrons. The first-order valence-corrected chi connectivity index (χ1v) is 5.31. The third-order valence-corrected chi connectivity index (χ3v) is 2.54. The smallest absolute Gasteiger partial charge is 0.222 e. The van der Waals surface area contributed by atoms with Crippen molar-refractivity contribution in [3.05, 3.63) is 11.2 Å². The van der Waals surface area contributed by atoms with E-state index in [0.717, 1.165) is 12.8 Å². The highest BCUT2D eigenvalue weighted by Crippen LogP contribution is 2.19. The Bertz CT molecular complexity index is 353. The number of aryl methyl sites for hydroxylation is 1. The summed E-state index contributed by atoms with van der Waals surface area (Å²) in [7, 11) is 0. The van der Waals surface area contributed by atoms with E-state index in [1.807, 2.05) is 0 Å². The van der Waals surface area contributed by atoms with Crippen LogP contribution in [0, 0.1) is 0 Å². The van der Waals surface area contributed by atoms with E-state index in [1.165, 1.54) is 0 Å². The Kier molecular flexibility index (Phi) is 2.81. The maximum atomic E-state index is 11.3. The second kappa shape index (κ2) is 4.10. The zero-order chi connectivity index (χ0) is 10.8. The molecule has 0 aliphatic heterocycles. The molecular weight excluding hydrogens is 216 g/mol. The van der Waals surface area contributed by atoms with Gasteiger partial charge in [0.25, 0.3) is 0 Å². The van der Waals surface area contributed by atoms with Crippen LogP contribution in [0.2, 0.25) is 5.02 Å². The third-order valence-electron chi connectivity index (χ3n) is 2.25. The van der Waals surface area contributed by atoms with Crippen LogP contribution < -0.4 is 11.1 Å². The fourth-order valence-electron chi connectivity index (χ4n) is 1.27. The molecule has 6 heteroatoms. The monoisotopic (exact) mass is 228 g/mol. The fourth-order valence-corrected chi connectivity index (χ4v) is 1.42. The van der Waals surface area contributed by atoms with Crippen LogP contribution in [0.4, 0.5) is 5.82 Å². The molecule has 1 aromatic rings. The number of nitrogens with zero attached hydrogens (tertiary/aromatic N) is 2. The average molecular weight is 229 g/mol. The Balaban J connectivity index is 1.78. The van der Waals surface area contributed by atoms with E-state index < -0.39 is 0 Å². The SMILES string of the molecule is Nc1nn(CCC(=O)NC2CC2)cc1Cl. The van der Waals surface area contributed by atoms with Crippen molar-refractivity contribution in [2.45, 2.75) is 31.8 Å². The highest BCUT2D eigenvalue weighted by atomic mass is 35.5. The lowest BCUT2D eigenvalue weighted by molar-refractivity contribution is -0.121. The molecule has 1 saturated carbocycles. The van der Waals surface area contributed by atoms with Gasteiger partial charge in [-0.25, -0.2) is 0 Å². The van der Waals surface area contributed by atoms with E-state index in [-0.39, 0.29) is 5.91 Å². The molecule has 0 spiro atoms. The van der Waals surface area contributed by atoms with Gasteiger partial charge in [0.15, 0.2) is 5.82 Å². The Hall–Kier alpha value is -1.23. The van der Waals surface area contributed by atoms with Crippen molar-refractivity contribution in [3.8, 4) is 0 Å². The van der Waals surface area contributed by atoms with Gasteiger partial charge in [0, 0.05) is 25.2 Å². The van der Waals surface area contributed by atoms with Crippen molar-refractivity contribution < 1.29 is 4.79 Å². The Morgan fingerprint density at radius 1 is 1.73 bits per heavy atom. The summed E-state index contributed by atoms with van der Waals surface area (Å²) in [4.78, 5) is 11.3. The number of nitrogens with one attached hydrogen (secondary N) is 1. The van der Waals surface area contributed by atoms with Crippen LogP contribution in [-0.4, -0.2) is 21.7 Å². The number of nitrogen functional groups attached to an aromatic ring is 1. The molecule has 0 atom stereocenters. The first-order valence-electron chi connectivity index (χ1n) is 4.93. The van der Waals surface area contributed by atoms with Crippen molar-refractivity contribution in [1.82, 2.24) is 15.1 Å². The van der Waals surface area contributed by atoms with Crippen LogP contribution in [-0.2, 0) is 11.3 Å². The molecule has 1 aromatic heterocycles. The third kappa shape index (κ3) is 2.86. The first kappa shape index (κ1) is 10.3. The molecule has 0 aromatic carbocycles. The Labute approximate surface area is 92.6 Å². The van der Waals surface area contributed by atoms with Crippen molar-refractivity contribution in [3.63, 3.8) is 0 Å². The van der Waals surface area contributed by atoms with Crippen LogP contribution in [0.1, 0.15) is 19.3 Å². The van der Waals surface area contributed by atoms with Crippen molar-refractivity contribution in [2.24, 2.45) is 0 Å². The number of carbonyl (C=O) groups excluding carboxylic acids is 1. The van der Waals surface area contributed by atoms with Gasteiger partial charge in [-0.3, -0.25) is 9.48 Å². The number of anilines is 1. The molecule has 2 rings (SSSR count). The zero-order valence-corrected chi connectivity index (χ0v) is 9.00. The van der Waals surface area contributed by atoms with Gasteiger partial charge < -0.3 is 11.1 Å². The average Bonchev–Trinajstić information content (AvgIpc) is 2.92. The molecule has 1 amide bonds. The molecule has 0 bridgehead atoms. The number of amides is 1. The number of hydrogen-bond donors (Lipinski definition) is 2. The van der Waals surface area contributed by atoms with Crippen LogP contribution in [0.5, 0.6) is 0 Å². The summed E-state index contributed by atoms with van der Waals surface area (Å²) in [5, 5.41) is 7.29. The van der Waals surface area contributed by atoms with Gasteiger partial charge in [0.05, 0.1) is 0 Å². The predicted molar refractivity (Wildman–Crippen MR) is 57.4 cm³/mol. The topological polar surface area (TPSA) is 72.9 Å². The van der Waals surface area contributed by atoms with Gasteiger partial charge in [-0.2, -0.15) is 5.10 Å². The Morgan fingerprint density at radius 3 is 3.00 bits per heavy atom. The maximum absolute atomic E-state index is 11.3. The highest BCUT2D eigenvalue weighted by Gasteiger charge is 2.22. The van der Waals surface area contributed by atoms with Crippen molar-refractivity contribution in [2.75, 3.05) is 5.73 Å². The number of hydrogen-bond acceptors (Lipinski definition) is 3. The van der Waals surface area contributed by atoms with Crippen LogP contribution in [0.3, 0.4) is 0 Å². The fraction of sp³-hybridized carbons (Fsp3) is 0.556. The summed E-state index contributed by atoms with van der Waals surface area (Å²) in [5.41, 5.74) is 5.47. The second-order valence-corrected chi connectivity index (χ2v) is 4.12. The summed E-state index contributed by atoms with van der Waals surface area (Å²) >= 11 is 5.73. The quantitative estimate of drug-likeness (QED) is 0.800. The largest absolute Gasteiger partial charge is 0.381 e. The standard InChI is InChI=1S/C9H13ClN4O/c10-7-5-14(13-9(7)11)4-3-8(15)12-6-1-2-6/h5-6H,1-4H2,(H2,11,13)(H,12,15). The minimum atomic E-state index is 0.0580. The van der Waals surface area contributed by atoms with Gasteiger partial charge in [-0.1, -0.05) is 11.6 Å². The summed E-state index contributed by atoms with van der Waals surface area (Å²) < 4.78 is 1.59. The Morgan fingerprint density at radius 2 is 2.47 bits per heavy atom. The van der Waals surface area contributed by atoms with E-state index in [4.69, 9.17) is 17.3 Å². The van der Waals surface area contributed by atoms with Gasteiger partial charge in [0.2, 0.25) is 5.91 Å². The molecule has 1 aliphatic carbocycles. The van der Waals surface area contributed by atoms with E-state index in [0.29, 0.717) is 29.8 Å². The zero-order valence-electron chi connectivity index (χ0n) is 8.24. The number of halogens is 1. The lowest BCUT2D eigenvalue weighted by Crippen LogP contribution is -2.26.